The molecule has 202 valence electrons. The number of anilines is 3. The van der Waals surface area contributed by atoms with Crippen LogP contribution in [0.2, 0.25) is 0 Å². The number of furan rings is 1. The van der Waals surface area contributed by atoms with Gasteiger partial charge in [0.25, 0.3) is 0 Å². The van der Waals surface area contributed by atoms with Gasteiger partial charge in [-0.15, -0.1) is 11.3 Å². The van der Waals surface area contributed by atoms with Crippen LogP contribution in [-0.4, -0.2) is 0 Å². The van der Waals surface area contributed by atoms with Crippen LogP contribution in [0.4, 0.5) is 17.1 Å². The Morgan fingerprint density at radius 2 is 1.09 bits per heavy atom. The van der Waals surface area contributed by atoms with Crippen molar-refractivity contribution in [2.24, 2.45) is 0 Å². The molecule has 0 unspecified atom stereocenters. The van der Waals surface area contributed by atoms with Crippen LogP contribution in [0.1, 0.15) is 0 Å². The summed E-state index contributed by atoms with van der Waals surface area (Å²) in [4.78, 5) is 2.37. The Balaban J connectivity index is 1.38. The molecular weight excluding hydrogens is 543 g/mol. The highest BCUT2D eigenvalue weighted by Crippen LogP contribution is 2.48. The summed E-state index contributed by atoms with van der Waals surface area (Å²) in [6.45, 7) is 0. The van der Waals surface area contributed by atoms with E-state index in [1.807, 2.05) is 11.3 Å². The molecule has 9 rings (SSSR count). The van der Waals surface area contributed by atoms with Crippen LogP contribution >= 0.6 is 11.3 Å². The molecule has 0 saturated carbocycles. The minimum Gasteiger partial charge on any atom is -0.454 e. The number of benzene rings is 7. The SMILES string of the molecule is c1ccc(-c2cc3oc4c(N(c5ccccc5)c5cccc6sc7ccccc7c56)cccc4c3c3ccccc23)cc1. The van der Waals surface area contributed by atoms with Gasteiger partial charge in [0, 0.05) is 36.6 Å². The molecule has 0 saturated heterocycles. The van der Waals surface area contributed by atoms with Crippen LogP contribution in [0.15, 0.2) is 156 Å². The average Bonchev–Trinajstić information content (AvgIpc) is 3.65. The first-order valence-electron chi connectivity index (χ1n) is 14.5. The first-order chi connectivity index (χ1) is 21.3. The Hall–Kier alpha value is -5.38. The fraction of sp³-hybridized carbons (Fsp3) is 0. The van der Waals surface area contributed by atoms with Gasteiger partial charge in [-0.3, -0.25) is 0 Å². The van der Waals surface area contributed by atoms with Gasteiger partial charge in [0.2, 0.25) is 0 Å². The molecule has 0 aliphatic rings. The molecular formula is C40H25NOS. The van der Waals surface area contributed by atoms with Crippen LogP contribution in [0.25, 0.3) is 64.0 Å². The van der Waals surface area contributed by atoms with E-state index >= 15 is 0 Å². The van der Waals surface area contributed by atoms with E-state index in [0.29, 0.717) is 0 Å². The Labute approximate surface area is 252 Å². The highest BCUT2D eigenvalue weighted by atomic mass is 32.1. The van der Waals surface area contributed by atoms with Crippen molar-refractivity contribution in [3.8, 4) is 11.1 Å². The molecule has 0 spiro atoms. The van der Waals surface area contributed by atoms with Crippen LogP contribution in [0, 0.1) is 0 Å². The number of fused-ring (bicyclic) bond motifs is 8. The van der Waals surface area contributed by atoms with Gasteiger partial charge in [0.1, 0.15) is 5.58 Å². The molecule has 43 heavy (non-hydrogen) atoms. The van der Waals surface area contributed by atoms with Gasteiger partial charge in [0.15, 0.2) is 5.58 Å². The fourth-order valence-electron chi connectivity index (χ4n) is 6.61. The first-order valence-corrected chi connectivity index (χ1v) is 15.3. The van der Waals surface area contributed by atoms with E-state index in [4.69, 9.17) is 4.42 Å². The minimum absolute atomic E-state index is 0.883. The first kappa shape index (κ1) is 24.2. The predicted octanol–water partition coefficient (Wildman–Crippen LogP) is 12.2. The molecule has 9 aromatic rings. The standard InChI is InChI=1S/C40H25NOS/c1-3-13-26(14-4-1)32-25-35-38(29-18-8-7-17-28(29)32)31-20-11-22-34(40(31)42-35)41(27-15-5-2-6-16-27)33-21-12-24-37-39(33)30-19-9-10-23-36(30)43-37/h1-25H. The molecule has 0 aliphatic carbocycles. The molecule has 0 N–H and O–H groups in total. The van der Waals surface area contributed by atoms with E-state index < -0.39 is 0 Å². The molecule has 0 aliphatic heterocycles. The van der Waals surface area contributed by atoms with Gasteiger partial charge in [-0.05, 0) is 64.4 Å². The number of hydrogen-bond acceptors (Lipinski definition) is 3. The molecule has 2 nitrogen and oxygen atoms in total. The van der Waals surface area contributed by atoms with Crippen molar-refractivity contribution in [1.82, 2.24) is 0 Å². The van der Waals surface area contributed by atoms with Crippen molar-refractivity contribution in [1.29, 1.82) is 0 Å². The minimum atomic E-state index is 0.883. The maximum Gasteiger partial charge on any atom is 0.159 e. The lowest BCUT2D eigenvalue weighted by molar-refractivity contribution is 0.669. The van der Waals surface area contributed by atoms with Crippen LogP contribution < -0.4 is 4.90 Å². The summed E-state index contributed by atoms with van der Waals surface area (Å²) in [6.07, 6.45) is 0. The lowest BCUT2D eigenvalue weighted by Gasteiger charge is -2.26. The number of rotatable bonds is 4. The van der Waals surface area contributed by atoms with Gasteiger partial charge in [-0.1, -0.05) is 109 Å². The lowest BCUT2D eigenvalue weighted by Crippen LogP contribution is -2.10. The maximum atomic E-state index is 6.92. The zero-order valence-electron chi connectivity index (χ0n) is 23.2. The van der Waals surface area contributed by atoms with Crippen LogP contribution in [-0.2, 0) is 0 Å². The largest absolute Gasteiger partial charge is 0.454 e. The van der Waals surface area contributed by atoms with Gasteiger partial charge in [-0.2, -0.15) is 0 Å². The van der Waals surface area contributed by atoms with Crippen molar-refractivity contribution in [3.63, 3.8) is 0 Å². The van der Waals surface area contributed by atoms with Gasteiger partial charge < -0.3 is 9.32 Å². The molecule has 7 aromatic carbocycles. The summed E-state index contributed by atoms with van der Waals surface area (Å²) in [5.41, 5.74) is 7.40. The quantitative estimate of drug-likeness (QED) is 0.210. The van der Waals surface area contributed by atoms with E-state index in [9.17, 15) is 0 Å². The third-order valence-electron chi connectivity index (χ3n) is 8.45. The van der Waals surface area contributed by atoms with Gasteiger partial charge in [-0.25, -0.2) is 0 Å². The van der Waals surface area contributed by atoms with E-state index in [1.165, 1.54) is 42.1 Å². The Morgan fingerprint density at radius 3 is 1.93 bits per heavy atom. The molecule has 0 radical (unpaired) electrons. The van der Waals surface area contributed by atoms with E-state index in [2.05, 4.69) is 157 Å². The Kier molecular flexibility index (Phi) is 5.40. The van der Waals surface area contributed by atoms with Crippen LogP contribution in [0.3, 0.4) is 0 Å². The molecule has 3 heteroatoms. The van der Waals surface area contributed by atoms with Crippen molar-refractivity contribution < 1.29 is 4.42 Å². The summed E-state index contributed by atoms with van der Waals surface area (Å²) in [5, 5.41) is 7.23. The second-order valence-electron chi connectivity index (χ2n) is 10.9. The lowest BCUT2D eigenvalue weighted by atomic mass is 9.95. The molecule has 2 aromatic heterocycles. The molecule has 0 bridgehead atoms. The molecule has 0 amide bonds. The second kappa shape index (κ2) is 9.59. The zero-order valence-corrected chi connectivity index (χ0v) is 24.0. The average molecular weight is 568 g/mol. The van der Waals surface area contributed by atoms with Crippen molar-refractivity contribution >= 4 is 81.3 Å². The summed E-state index contributed by atoms with van der Waals surface area (Å²) in [6, 6.07) is 54.0. The summed E-state index contributed by atoms with van der Waals surface area (Å²) >= 11 is 1.84. The van der Waals surface area contributed by atoms with Crippen molar-refractivity contribution in [3.05, 3.63) is 152 Å². The summed E-state index contributed by atoms with van der Waals surface area (Å²) in [7, 11) is 0. The number of para-hydroxylation sites is 2. The highest BCUT2D eigenvalue weighted by molar-refractivity contribution is 7.26. The summed E-state index contributed by atoms with van der Waals surface area (Å²) < 4.78 is 9.48. The normalized spacial score (nSPS) is 11.7. The zero-order chi connectivity index (χ0) is 28.3. The van der Waals surface area contributed by atoms with Gasteiger partial charge in [0.05, 0.1) is 11.4 Å². The van der Waals surface area contributed by atoms with E-state index in [0.717, 1.165) is 39.0 Å². The maximum absolute atomic E-state index is 6.92. The predicted molar refractivity (Wildman–Crippen MR) is 184 cm³/mol. The molecule has 0 atom stereocenters. The monoisotopic (exact) mass is 567 g/mol. The number of hydrogen-bond donors (Lipinski definition) is 0. The van der Waals surface area contributed by atoms with E-state index in [1.54, 1.807) is 0 Å². The third-order valence-corrected chi connectivity index (χ3v) is 9.58. The summed E-state index contributed by atoms with van der Waals surface area (Å²) in [5.74, 6) is 0. The highest BCUT2D eigenvalue weighted by Gasteiger charge is 2.23. The molecule has 0 fully saturated rings. The number of nitrogens with zero attached hydrogens (tertiary/aromatic N) is 1. The fourth-order valence-corrected chi connectivity index (χ4v) is 7.73. The Bertz CT molecular complexity index is 2460. The smallest absolute Gasteiger partial charge is 0.159 e. The third kappa shape index (κ3) is 3.72. The second-order valence-corrected chi connectivity index (χ2v) is 12.0. The van der Waals surface area contributed by atoms with Gasteiger partial charge >= 0.3 is 0 Å². The van der Waals surface area contributed by atoms with Crippen LogP contribution in [0.5, 0.6) is 0 Å². The van der Waals surface area contributed by atoms with Crippen molar-refractivity contribution in [2.75, 3.05) is 4.90 Å². The van der Waals surface area contributed by atoms with E-state index in [-0.39, 0.29) is 0 Å². The molecule has 2 heterocycles. The number of thiophene rings is 1. The topological polar surface area (TPSA) is 16.4 Å². The van der Waals surface area contributed by atoms with Crippen molar-refractivity contribution in [2.45, 2.75) is 0 Å². The Morgan fingerprint density at radius 1 is 0.465 bits per heavy atom.